The molecule has 170 valence electrons. The third kappa shape index (κ3) is 6.86. The number of allylic oxidation sites excluding steroid dienone is 1. The molecule has 0 spiro atoms. The van der Waals surface area contributed by atoms with Gasteiger partial charge in [0, 0.05) is 36.9 Å². The smallest absolute Gasteiger partial charge is 0.223 e. The molecular weight excluding hydrogens is 394 g/mol. The van der Waals surface area contributed by atoms with Gasteiger partial charge in [0.2, 0.25) is 5.91 Å². The standard InChI is InChI=1S/C25H41NO3S/c1-2-3-5-8-21(27)9-10-22-23-16-19(15-20(23)17-24(22)28)18-30-14-11-25(29)26-12-6-4-7-13-26/h9-10,15,20-24,27-28H,2-8,11-14,16-18H2,1H3/b10-9+/t20-,21-,22+,23-,24+/m0/s1. The van der Waals surface area contributed by atoms with Gasteiger partial charge in [-0.1, -0.05) is 50.0 Å². The Labute approximate surface area is 187 Å². The first-order valence-corrected chi connectivity index (χ1v) is 13.3. The van der Waals surface area contributed by atoms with E-state index in [4.69, 9.17) is 0 Å². The van der Waals surface area contributed by atoms with Gasteiger partial charge in [0.1, 0.15) is 0 Å². The highest BCUT2D eigenvalue weighted by atomic mass is 32.2. The molecular formula is C25H41NO3S. The fourth-order valence-corrected chi connectivity index (χ4v) is 6.27. The Hall–Kier alpha value is -0.780. The zero-order valence-corrected chi connectivity index (χ0v) is 19.5. The monoisotopic (exact) mass is 435 g/mol. The van der Waals surface area contributed by atoms with E-state index in [0.717, 1.165) is 69.5 Å². The Bertz CT molecular complexity index is 599. The highest BCUT2D eigenvalue weighted by Gasteiger charge is 2.43. The molecule has 2 fully saturated rings. The van der Waals surface area contributed by atoms with E-state index in [9.17, 15) is 15.0 Å². The van der Waals surface area contributed by atoms with E-state index in [1.54, 1.807) is 0 Å². The lowest BCUT2D eigenvalue weighted by atomic mass is 9.89. The van der Waals surface area contributed by atoms with Crippen LogP contribution in [0.3, 0.4) is 0 Å². The molecule has 30 heavy (non-hydrogen) atoms. The van der Waals surface area contributed by atoms with Crippen LogP contribution in [0.15, 0.2) is 23.8 Å². The molecule has 1 saturated carbocycles. The number of aliphatic hydroxyl groups excluding tert-OH is 2. The quantitative estimate of drug-likeness (QED) is 0.369. The molecule has 1 amide bonds. The van der Waals surface area contributed by atoms with E-state index >= 15 is 0 Å². The number of rotatable bonds is 11. The van der Waals surface area contributed by atoms with Gasteiger partial charge in [-0.05, 0) is 50.4 Å². The first-order valence-electron chi connectivity index (χ1n) is 12.2. The lowest BCUT2D eigenvalue weighted by Gasteiger charge is -2.26. The highest BCUT2D eigenvalue weighted by molar-refractivity contribution is 7.99. The van der Waals surface area contributed by atoms with Crippen molar-refractivity contribution < 1.29 is 15.0 Å². The summed E-state index contributed by atoms with van der Waals surface area (Å²) in [6.07, 6.45) is 16.1. The Morgan fingerprint density at radius 3 is 2.87 bits per heavy atom. The van der Waals surface area contributed by atoms with Crippen LogP contribution >= 0.6 is 11.8 Å². The summed E-state index contributed by atoms with van der Waals surface area (Å²) in [5.74, 6) is 3.34. The molecule has 0 unspecified atom stereocenters. The van der Waals surface area contributed by atoms with E-state index in [0.29, 0.717) is 24.2 Å². The van der Waals surface area contributed by atoms with Crippen LogP contribution in [0.5, 0.6) is 0 Å². The van der Waals surface area contributed by atoms with Gasteiger partial charge in [0.15, 0.2) is 0 Å². The van der Waals surface area contributed by atoms with Gasteiger partial charge < -0.3 is 15.1 Å². The van der Waals surface area contributed by atoms with E-state index in [2.05, 4.69) is 19.1 Å². The highest BCUT2D eigenvalue weighted by Crippen LogP contribution is 2.47. The second-order valence-corrected chi connectivity index (χ2v) is 10.5. The van der Waals surface area contributed by atoms with Crippen molar-refractivity contribution in [1.82, 2.24) is 4.90 Å². The number of aliphatic hydroxyl groups is 2. The lowest BCUT2D eigenvalue weighted by molar-refractivity contribution is -0.131. The normalized spacial score (nSPS) is 30.0. The summed E-state index contributed by atoms with van der Waals surface area (Å²) in [4.78, 5) is 14.3. The van der Waals surface area contributed by atoms with E-state index < -0.39 is 0 Å². The molecule has 0 radical (unpaired) electrons. The van der Waals surface area contributed by atoms with Crippen LogP contribution in [0.2, 0.25) is 0 Å². The van der Waals surface area contributed by atoms with Crippen LogP contribution in [0.25, 0.3) is 0 Å². The van der Waals surface area contributed by atoms with Crippen molar-refractivity contribution >= 4 is 17.7 Å². The second-order valence-electron chi connectivity index (χ2n) is 9.43. The summed E-state index contributed by atoms with van der Waals surface area (Å²) in [7, 11) is 0. The van der Waals surface area contributed by atoms with Crippen molar-refractivity contribution in [3.63, 3.8) is 0 Å². The minimum absolute atomic E-state index is 0.162. The van der Waals surface area contributed by atoms with Gasteiger partial charge in [0.25, 0.3) is 0 Å². The fourth-order valence-electron chi connectivity index (χ4n) is 5.33. The van der Waals surface area contributed by atoms with Crippen molar-refractivity contribution in [2.24, 2.45) is 17.8 Å². The molecule has 2 N–H and O–H groups in total. The largest absolute Gasteiger partial charge is 0.392 e. The third-order valence-corrected chi connectivity index (χ3v) is 8.13. The average Bonchev–Trinajstić information content (AvgIpc) is 3.26. The zero-order chi connectivity index (χ0) is 21.3. The van der Waals surface area contributed by atoms with Gasteiger partial charge in [0.05, 0.1) is 12.2 Å². The topological polar surface area (TPSA) is 60.8 Å². The van der Waals surface area contributed by atoms with E-state index in [1.807, 2.05) is 22.7 Å². The number of piperidine rings is 1. The first kappa shape index (κ1) is 23.9. The van der Waals surface area contributed by atoms with Crippen molar-refractivity contribution in [1.29, 1.82) is 0 Å². The van der Waals surface area contributed by atoms with Crippen LogP contribution in [0.1, 0.15) is 71.1 Å². The number of carbonyl (C=O) groups is 1. The Kier molecular flexibility index (Phi) is 9.79. The maximum atomic E-state index is 12.3. The number of fused-ring (bicyclic) bond motifs is 1. The molecule has 0 aromatic rings. The van der Waals surface area contributed by atoms with E-state index in [-0.39, 0.29) is 18.1 Å². The number of unbranched alkanes of at least 4 members (excludes halogenated alkanes) is 2. The van der Waals surface area contributed by atoms with Crippen molar-refractivity contribution in [2.75, 3.05) is 24.6 Å². The SMILES string of the molecule is CCCCC[C@H](O)/C=C/[C@@H]1[C@H]2CC(CSCCC(=O)N3CCCCC3)=C[C@H]2C[C@H]1O. The molecule has 5 atom stereocenters. The van der Waals surface area contributed by atoms with Crippen LogP contribution in [0.4, 0.5) is 0 Å². The second kappa shape index (κ2) is 12.3. The van der Waals surface area contributed by atoms with Gasteiger partial charge in [-0.25, -0.2) is 0 Å². The van der Waals surface area contributed by atoms with Gasteiger partial charge in [-0.2, -0.15) is 11.8 Å². The molecule has 2 aliphatic carbocycles. The predicted molar refractivity (Wildman–Crippen MR) is 125 cm³/mol. The van der Waals surface area contributed by atoms with Gasteiger partial charge >= 0.3 is 0 Å². The minimum Gasteiger partial charge on any atom is -0.392 e. The molecule has 1 saturated heterocycles. The van der Waals surface area contributed by atoms with Crippen LogP contribution in [-0.4, -0.2) is 57.8 Å². The fraction of sp³-hybridized carbons (Fsp3) is 0.800. The number of carbonyl (C=O) groups excluding carboxylic acids is 1. The van der Waals surface area contributed by atoms with Crippen molar-refractivity contribution in [3.8, 4) is 0 Å². The predicted octanol–water partition coefficient (Wildman–Crippen LogP) is 4.56. The number of hydrogen-bond donors (Lipinski definition) is 2. The number of amides is 1. The van der Waals surface area contributed by atoms with Gasteiger partial charge in [-0.15, -0.1) is 0 Å². The molecule has 1 heterocycles. The summed E-state index contributed by atoms with van der Waals surface area (Å²) in [5, 5.41) is 20.7. The molecule has 0 bridgehead atoms. The van der Waals surface area contributed by atoms with E-state index in [1.165, 1.54) is 18.4 Å². The molecule has 0 aromatic carbocycles. The Morgan fingerprint density at radius 1 is 1.30 bits per heavy atom. The van der Waals surface area contributed by atoms with Crippen LogP contribution < -0.4 is 0 Å². The summed E-state index contributed by atoms with van der Waals surface area (Å²) >= 11 is 1.88. The molecule has 3 rings (SSSR count). The zero-order valence-electron chi connectivity index (χ0n) is 18.7. The van der Waals surface area contributed by atoms with Crippen LogP contribution in [0, 0.1) is 17.8 Å². The summed E-state index contributed by atoms with van der Waals surface area (Å²) in [6.45, 7) is 4.07. The Morgan fingerprint density at radius 2 is 2.10 bits per heavy atom. The van der Waals surface area contributed by atoms with Gasteiger partial charge in [-0.3, -0.25) is 4.79 Å². The molecule has 4 nitrogen and oxygen atoms in total. The lowest BCUT2D eigenvalue weighted by Crippen LogP contribution is -2.35. The number of thioether (sulfide) groups is 1. The minimum atomic E-state index is -0.385. The summed E-state index contributed by atoms with van der Waals surface area (Å²) in [6, 6.07) is 0. The molecule has 0 aromatic heterocycles. The molecule has 1 aliphatic heterocycles. The first-order chi connectivity index (χ1) is 14.6. The van der Waals surface area contributed by atoms with Crippen LogP contribution in [-0.2, 0) is 4.79 Å². The number of likely N-dealkylation sites (tertiary alicyclic amines) is 1. The van der Waals surface area contributed by atoms with Crippen molar-refractivity contribution in [2.45, 2.75) is 83.3 Å². The Balaban J connectivity index is 1.37. The average molecular weight is 436 g/mol. The number of hydrogen-bond acceptors (Lipinski definition) is 4. The summed E-state index contributed by atoms with van der Waals surface area (Å²) < 4.78 is 0. The third-order valence-electron chi connectivity index (χ3n) is 7.07. The molecule has 5 heteroatoms. The maximum Gasteiger partial charge on any atom is 0.223 e. The number of nitrogens with zero attached hydrogens (tertiary/aromatic N) is 1. The maximum absolute atomic E-state index is 12.3. The summed E-state index contributed by atoms with van der Waals surface area (Å²) in [5.41, 5.74) is 1.48. The molecule has 3 aliphatic rings. The van der Waals surface area contributed by atoms with Crippen molar-refractivity contribution in [3.05, 3.63) is 23.8 Å².